The number of quaternary nitrogens is 1. The first-order chi connectivity index (χ1) is 42.1. The first-order valence-electron chi connectivity index (χ1n) is 37.6. The number of carbonyl (C=O) groups excluding carboxylic acids is 3. The normalized spacial score (nSPS) is 12.8. The number of carbonyl (C=O) groups is 3. The van der Waals surface area contributed by atoms with Gasteiger partial charge in [-0.3, -0.25) is 9.59 Å². The molecule has 0 rings (SSSR count). The van der Waals surface area contributed by atoms with E-state index in [4.69, 9.17) is 18.9 Å². The Morgan fingerprint density at radius 3 is 0.930 bits per heavy atom. The van der Waals surface area contributed by atoms with Crippen molar-refractivity contribution in [2.24, 2.45) is 0 Å². The third kappa shape index (κ3) is 69.0. The van der Waals surface area contributed by atoms with Crippen molar-refractivity contribution < 1.29 is 42.9 Å². The number of allylic oxidation sites excluding steroid dienone is 6. The van der Waals surface area contributed by atoms with E-state index in [1.807, 2.05) is 21.1 Å². The molecule has 0 aromatic carbocycles. The van der Waals surface area contributed by atoms with Crippen molar-refractivity contribution in [2.75, 3.05) is 47.5 Å². The smallest absolute Gasteiger partial charge is 0.306 e. The summed E-state index contributed by atoms with van der Waals surface area (Å²) in [5, 5.41) is 11.8. The van der Waals surface area contributed by atoms with Gasteiger partial charge in [0.2, 0.25) is 0 Å². The van der Waals surface area contributed by atoms with Gasteiger partial charge in [-0.05, 0) is 51.4 Å². The number of ether oxygens (including phenoxy) is 4. The molecule has 0 aromatic heterocycles. The van der Waals surface area contributed by atoms with E-state index in [0.29, 0.717) is 17.4 Å². The average Bonchev–Trinajstić information content (AvgIpc) is 3.63. The fourth-order valence-electron chi connectivity index (χ4n) is 11.4. The summed E-state index contributed by atoms with van der Waals surface area (Å²) in [5.41, 5.74) is 0. The van der Waals surface area contributed by atoms with Crippen LogP contribution in [0.1, 0.15) is 380 Å². The molecule has 0 heterocycles. The molecule has 0 aliphatic rings. The first-order valence-corrected chi connectivity index (χ1v) is 37.6. The van der Waals surface area contributed by atoms with Gasteiger partial charge in [-0.1, -0.05) is 352 Å². The number of likely N-dealkylation sites (N-methyl/N-ethyl adjacent to an activating group) is 1. The molecule has 9 nitrogen and oxygen atoms in total. The molecule has 0 aromatic rings. The van der Waals surface area contributed by atoms with Crippen LogP contribution in [0.15, 0.2) is 36.5 Å². The van der Waals surface area contributed by atoms with Crippen LogP contribution in [-0.2, 0) is 33.3 Å². The average molecular weight is 1210 g/mol. The van der Waals surface area contributed by atoms with Crippen LogP contribution in [0.4, 0.5) is 0 Å². The molecule has 0 amide bonds. The Labute approximate surface area is 534 Å². The maximum Gasteiger partial charge on any atom is 0.306 e. The highest BCUT2D eigenvalue weighted by molar-refractivity contribution is 5.70. The van der Waals surface area contributed by atoms with E-state index in [9.17, 15) is 19.5 Å². The third-order valence-electron chi connectivity index (χ3n) is 17.1. The van der Waals surface area contributed by atoms with Crippen LogP contribution in [0.3, 0.4) is 0 Å². The van der Waals surface area contributed by atoms with Gasteiger partial charge >= 0.3 is 11.9 Å². The number of hydrogen-bond acceptors (Lipinski definition) is 8. The molecule has 0 saturated carbocycles. The highest BCUT2D eigenvalue weighted by atomic mass is 16.7. The zero-order chi connectivity index (χ0) is 62.6. The van der Waals surface area contributed by atoms with Crippen molar-refractivity contribution in [2.45, 2.75) is 392 Å². The summed E-state index contributed by atoms with van der Waals surface area (Å²) in [7, 11) is 5.95. The minimum atomic E-state index is -1.62. The maximum absolute atomic E-state index is 12.9. The largest absolute Gasteiger partial charge is 0.545 e. The van der Waals surface area contributed by atoms with Crippen LogP contribution in [-0.4, -0.2) is 82.3 Å². The second-order valence-corrected chi connectivity index (χ2v) is 27.0. The van der Waals surface area contributed by atoms with Crippen molar-refractivity contribution in [1.29, 1.82) is 0 Å². The van der Waals surface area contributed by atoms with Crippen molar-refractivity contribution in [3.63, 3.8) is 0 Å². The van der Waals surface area contributed by atoms with Crippen LogP contribution in [0.5, 0.6) is 0 Å². The SMILES string of the molecule is CCCCCCC/C=C\C/C=C\C/C=C\CCCCCCCCCCCCCCCCCCCCCCCCCCC(=O)OC(COC(=O)CCCCCCCCCCCCCCCCCCCCCCCC)COC(OCC[N+](C)(C)C)C(=O)[O-]. The molecule has 506 valence electrons. The molecule has 86 heavy (non-hydrogen) atoms. The van der Waals surface area contributed by atoms with Crippen molar-refractivity contribution in [3.8, 4) is 0 Å². The molecule has 0 bridgehead atoms. The minimum absolute atomic E-state index is 0.152. The van der Waals surface area contributed by atoms with E-state index in [2.05, 4.69) is 50.3 Å². The molecule has 0 aliphatic carbocycles. The van der Waals surface area contributed by atoms with E-state index in [0.717, 1.165) is 51.4 Å². The number of carboxylic acid groups (broad SMARTS) is 1. The molecule has 0 radical (unpaired) electrons. The molecule has 0 aliphatic heterocycles. The van der Waals surface area contributed by atoms with Crippen molar-refractivity contribution in [3.05, 3.63) is 36.5 Å². The summed E-state index contributed by atoms with van der Waals surface area (Å²) in [5.74, 6) is -2.25. The molecule has 0 spiro atoms. The second kappa shape index (κ2) is 68.4. The number of hydrogen-bond donors (Lipinski definition) is 0. The summed E-state index contributed by atoms with van der Waals surface area (Å²) < 4.78 is 22.8. The molecular weight excluding hydrogens is 1070 g/mol. The Kier molecular flexibility index (Phi) is 66.4. The third-order valence-corrected chi connectivity index (χ3v) is 17.1. The van der Waals surface area contributed by atoms with E-state index in [-0.39, 0.29) is 32.2 Å². The van der Waals surface area contributed by atoms with Crippen LogP contribution in [0.25, 0.3) is 0 Å². The summed E-state index contributed by atoms with van der Waals surface area (Å²) in [6, 6.07) is 0. The van der Waals surface area contributed by atoms with Crippen LogP contribution in [0, 0.1) is 0 Å². The molecule has 0 saturated heterocycles. The predicted molar refractivity (Wildman–Crippen MR) is 366 cm³/mol. The van der Waals surface area contributed by atoms with E-state index in [1.54, 1.807) is 0 Å². The summed E-state index contributed by atoms with van der Waals surface area (Å²) >= 11 is 0. The lowest BCUT2D eigenvalue weighted by Gasteiger charge is -2.26. The zero-order valence-corrected chi connectivity index (χ0v) is 58.0. The van der Waals surface area contributed by atoms with E-state index in [1.165, 1.54) is 302 Å². The number of esters is 2. The summed E-state index contributed by atoms with van der Waals surface area (Å²) in [4.78, 5) is 37.5. The van der Waals surface area contributed by atoms with Crippen LogP contribution >= 0.6 is 0 Å². The predicted octanol–water partition coefficient (Wildman–Crippen LogP) is 22.2. The summed E-state index contributed by atoms with van der Waals surface area (Å²) in [6.07, 6.45) is 84.0. The van der Waals surface area contributed by atoms with Gasteiger partial charge in [0.1, 0.15) is 13.2 Å². The number of unbranched alkanes of at least 4 members (excludes halogenated alkanes) is 50. The van der Waals surface area contributed by atoms with E-state index >= 15 is 0 Å². The Hall–Kier alpha value is -2.49. The fraction of sp³-hybridized carbons (Fsp3) is 0.883. The number of aliphatic carboxylic acids is 1. The van der Waals surface area contributed by atoms with Gasteiger partial charge in [0.15, 0.2) is 12.4 Å². The highest BCUT2D eigenvalue weighted by Crippen LogP contribution is 2.19. The Morgan fingerprint density at radius 1 is 0.349 bits per heavy atom. The van der Waals surface area contributed by atoms with Crippen LogP contribution in [0.2, 0.25) is 0 Å². The standard InChI is InChI=1S/C77H145NO8/c1-6-8-10-12-14-16-18-20-22-24-26-28-30-31-32-33-34-35-36-37-38-39-40-41-42-43-44-45-46-48-50-52-54-56-58-60-62-64-66-68-75(80)86-73(72-85-77(76(81)82)83-70-69-78(3,4)5)71-84-74(79)67-65-63-61-59-57-55-53-51-49-47-29-27-25-23-21-19-17-15-13-11-9-7-2/h18,20,24,26,30-31,73,77H,6-17,19,21-23,25,27-29,32-72H2,1-5H3/b20-18-,26-24-,31-30-. The van der Waals surface area contributed by atoms with Gasteiger partial charge in [-0.15, -0.1) is 0 Å². The van der Waals surface area contributed by atoms with Gasteiger partial charge in [-0.25, -0.2) is 0 Å². The minimum Gasteiger partial charge on any atom is -0.545 e. The lowest BCUT2D eigenvalue weighted by molar-refractivity contribution is -0.870. The molecule has 0 fully saturated rings. The molecule has 2 unspecified atom stereocenters. The van der Waals surface area contributed by atoms with Crippen molar-refractivity contribution in [1.82, 2.24) is 0 Å². The molecule has 0 N–H and O–H groups in total. The Bertz CT molecular complexity index is 1500. The lowest BCUT2D eigenvalue weighted by Crippen LogP contribution is -2.44. The zero-order valence-electron chi connectivity index (χ0n) is 58.0. The highest BCUT2D eigenvalue weighted by Gasteiger charge is 2.22. The Balaban J connectivity index is 3.96. The summed E-state index contributed by atoms with van der Waals surface area (Å²) in [6.45, 7) is 4.81. The number of rotatable bonds is 71. The first kappa shape index (κ1) is 83.5. The van der Waals surface area contributed by atoms with E-state index < -0.39 is 24.3 Å². The van der Waals surface area contributed by atoms with Gasteiger partial charge < -0.3 is 33.3 Å². The van der Waals surface area contributed by atoms with Crippen molar-refractivity contribution >= 4 is 17.9 Å². The molecule has 2 atom stereocenters. The van der Waals surface area contributed by atoms with Gasteiger partial charge in [0.25, 0.3) is 0 Å². The number of nitrogens with zero attached hydrogens (tertiary/aromatic N) is 1. The van der Waals surface area contributed by atoms with Gasteiger partial charge in [0, 0.05) is 12.8 Å². The fourth-order valence-corrected chi connectivity index (χ4v) is 11.4. The topological polar surface area (TPSA) is 111 Å². The quantitative estimate of drug-likeness (QED) is 0.0195. The maximum atomic E-state index is 12.9. The number of carboxylic acids is 1. The molecular formula is C77H145NO8. The second-order valence-electron chi connectivity index (χ2n) is 27.0. The monoisotopic (exact) mass is 1210 g/mol. The van der Waals surface area contributed by atoms with Gasteiger partial charge in [-0.2, -0.15) is 0 Å². The van der Waals surface area contributed by atoms with Crippen LogP contribution < -0.4 is 5.11 Å². The Morgan fingerprint density at radius 2 is 0.628 bits per heavy atom. The van der Waals surface area contributed by atoms with Gasteiger partial charge in [0.05, 0.1) is 40.3 Å². The molecule has 9 heteroatoms. The lowest BCUT2D eigenvalue weighted by atomic mass is 10.0.